The van der Waals surface area contributed by atoms with E-state index in [2.05, 4.69) is 50.1 Å². The topological polar surface area (TPSA) is 3.24 Å². The summed E-state index contributed by atoms with van der Waals surface area (Å²) in [6, 6.07) is 8.74. The lowest BCUT2D eigenvalue weighted by molar-refractivity contribution is 0.1000. The maximum atomic E-state index is 2.51. The second-order valence-electron chi connectivity index (χ2n) is 6.08. The largest absolute Gasteiger partial charge is 0.305 e. The Balaban J connectivity index is 1.80. The summed E-state index contributed by atoms with van der Waals surface area (Å²) >= 11 is 0. The van der Waals surface area contributed by atoms with Gasteiger partial charge in [0.2, 0.25) is 0 Å². The smallest absolute Gasteiger partial charge is 0.00324 e. The van der Waals surface area contributed by atoms with Crippen LogP contribution in [0.3, 0.4) is 0 Å². The van der Waals surface area contributed by atoms with Crippen LogP contribution in [-0.2, 0) is 6.42 Å². The molecule has 1 aliphatic carbocycles. The summed E-state index contributed by atoms with van der Waals surface area (Å²) in [4.78, 5) is 2.51. The van der Waals surface area contributed by atoms with Crippen LogP contribution in [0.25, 0.3) is 0 Å². The van der Waals surface area contributed by atoms with E-state index < -0.39 is 0 Å². The molecular weight excluding hydrogens is 206 g/mol. The second kappa shape index (κ2) is 5.22. The lowest BCUT2D eigenvalue weighted by Gasteiger charge is -2.41. The van der Waals surface area contributed by atoms with Crippen LogP contribution in [0.5, 0.6) is 0 Å². The third-order valence-electron chi connectivity index (χ3n) is 4.24. The fraction of sp³-hybridized carbons (Fsp3) is 0.625. The van der Waals surface area contributed by atoms with Gasteiger partial charge in [-0.2, -0.15) is 0 Å². The van der Waals surface area contributed by atoms with Gasteiger partial charge in [-0.05, 0) is 49.8 Å². The molecular formula is C16H25N. The average Bonchev–Trinajstić information content (AvgIpc) is 2.26. The van der Waals surface area contributed by atoms with E-state index in [0.29, 0.717) is 5.41 Å². The molecule has 1 heteroatoms. The molecule has 0 spiro atoms. The van der Waals surface area contributed by atoms with Crippen LogP contribution in [0.2, 0.25) is 0 Å². The minimum Gasteiger partial charge on any atom is -0.305 e. The standard InChI is InChI=1S/C16H25N/c1-14-7-4-5-8-15(14)9-12-17(3)13-16(2)10-6-11-16/h4-5,7-8H,6,9-13H2,1-3H3. The first-order chi connectivity index (χ1) is 8.09. The van der Waals surface area contributed by atoms with Crippen molar-refractivity contribution < 1.29 is 0 Å². The lowest BCUT2D eigenvalue weighted by atomic mass is 9.70. The van der Waals surface area contributed by atoms with Gasteiger partial charge >= 0.3 is 0 Å². The van der Waals surface area contributed by atoms with Gasteiger partial charge in [0.15, 0.2) is 0 Å². The minimum atomic E-state index is 0.612. The Labute approximate surface area is 106 Å². The van der Waals surface area contributed by atoms with Gasteiger partial charge in [-0.15, -0.1) is 0 Å². The van der Waals surface area contributed by atoms with Crippen molar-refractivity contribution in [3.05, 3.63) is 35.4 Å². The van der Waals surface area contributed by atoms with E-state index in [1.807, 2.05) is 0 Å². The van der Waals surface area contributed by atoms with Gasteiger partial charge < -0.3 is 4.90 Å². The highest BCUT2D eigenvalue weighted by Crippen LogP contribution is 2.40. The van der Waals surface area contributed by atoms with Gasteiger partial charge in [0.25, 0.3) is 0 Å². The molecule has 1 fully saturated rings. The SMILES string of the molecule is Cc1ccccc1CCN(C)CC1(C)CCC1. The van der Waals surface area contributed by atoms with Crippen LogP contribution in [-0.4, -0.2) is 25.0 Å². The fourth-order valence-electron chi connectivity index (χ4n) is 2.87. The zero-order chi connectivity index (χ0) is 12.3. The van der Waals surface area contributed by atoms with E-state index >= 15 is 0 Å². The highest BCUT2D eigenvalue weighted by Gasteiger charge is 2.32. The Morgan fingerprint density at radius 2 is 1.94 bits per heavy atom. The number of aryl methyl sites for hydroxylation is 1. The van der Waals surface area contributed by atoms with Crippen molar-refractivity contribution in [3.8, 4) is 0 Å². The third-order valence-corrected chi connectivity index (χ3v) is 4.24. The summed E-state index contributed by atoms with van der Waals surface area (Å²) < 4.78 is 0. The summed E-state index contributed by atoms with van der Waals surface area (Å²) in [6.07, 6.45) is 5.45. The molecule has 0 aliphatic heterocycles. The van der Waals surface area contributed by atoms with Gasteiger partial charge in [-0.1, -0.05) is 37.6 Å². The molecule has 0 atom stereocenters. The van der Waals surface area contributed by atoms with Crippen LogP contribution < -0.4 is 0 Å². The predicted octanol–water partition coefficient (Wildman–Crippen LogP) is 3.66. The van der Waals surface area contributed by atoms with Crippen molar-refractivity contribution >= 4 is 0 Å². The zero-order valence-electron chi connectivity index (χ0n) is 11.5. The number of likely N-dealkylation sites (N-methyl/N-ethyl adjacent to an activating group) is 1. The number of nitrogens with zero attached hydrogens (tertiary/aromatic N) is 1. The first-order valence-electron chi connectivity index (χ1n) is 6.82. The third kappa shape index (κ3) is 3.32. The molecule has 94 valence electrons. The highest BCUT2D eigenvalue weighted by atomic mass is 15.1. The average molecular weight is 231 g/mol. The van der Waals surface area contributed by atoms with Crippen molar-refractivity contribution in [1.29, 1.82) is 0 Å². The van der Waals surface area contributed by atoms with E-state index in [4.69, 9.17) is 0 Å². The Bertz CT molecular complexity index is 366. The van der Waals surface area contributed by atoms with Crippen LogP contribution in [0, 0.1) is 12.3 Å². The molecule has 1 saturated carbocycles. The zero-order valence-corrected chi connectivity index (χ0v) is 11.5. The molecule has 0 radical (unpaired) electrons. The van der Waals surface area contributed by atoms with E-state index in [0.717, 1.165) is 0 Å². The van der Waals surface area contributed by atoms with Gasteiger partial charge in [-0.3, -0.25) is 0 Å². The maximum absolute atomic E-state index is 2.51. The summed E-state index contributed by atoms with van der Waals surface area (Å²) in [5, 5.41) is 0. The van der Waals surface area contributed by atoms with Crippen LogP contribution in [0.1, 0.15) is 37.3 Å². The van der Waals surface area contributed by atoms with Crippen LogP contribution in [0.4, 0.5) is 0 Å². The van der Waals surface area contributed by atoms with Crippen molar-refractivity contribution in [3.63, 3.8) is 0 Å². The molecule has 0 amide bonds. The normalized spacial score (nSPS) is 18.1. The maximum Gasteiger partial charge on any atom is 0.00324 e. The van der Waals surface area contributed by atoms with Gasteiger partial charge in [0.05, 0.1) is 0 Å². The van der Waals surface area contributed by atoms with Crippen molar-refractivity contribution in [2.45, 2.75) is 39.5 Å². The quantitative estimate of drug-likeness (QED) is 0.747. The number of hydrogen-bond acceptors (Lipinski definition) is 1. The molecule has 0 heterocycles. The predicted molar refractivity (Wildman–Crippen MR) is 74.3 cm³/mol. The Morgan fingerprint density at radius 1 is 1.24 bits per heavy atom. The molecule has 1 nitrogen and oxygen atoms in total. The molecule has 1 aromatic rings. The van der Waals surface area contributed by atoms with E-state index in [9.17, 15) is 0 Å². The van der Waals surface area contributed by atoms with E-state index in [-0.39, 0.29) is 0 Å². The fourth-order valence-corrected chi connectivity index (χ4v) is 2.87. The number of benzene rings is 1. The lowest BCUT2D eigenvalue weighted by Crippen LogP contribution is -2.39. The first-order valence-corrected chi connectivity index (χ1v) is 6.82. The molecule has 0 saturated heterocycles. The summed E-state index contributed by atoms with van der Waals surface area (Å²) in [6.45, 7) is 7.09. The summed E-state index contributed by atoms with van der Waals surface area (Å²) in [5.74, 6) is 0. The van der Waals surface area contributed by atoms with Gasteiger partial charge in [0, 0.05) is 13.1 Å². The van der Waals surface area contributed by atoms with E-state index in [1.54, 1.807) is 0 Å². The number of hydrogen-bond donors (Lipinski definition) is 0. The van der Waals surface area contributed by atoms with Crippen LogP contribution >= 0.6 is 0 Å². The van der Waals surface area contributed by atoms with Crippen molar-refractivity contribution in [2.24, 2.45) is 5.41 Å². The Morgan fingerprint density at radius 3 is 2.53 bits per heavy atom. The van der Waals surface area contributed by atoms with Gasteiger partial charge in [-0.25, -0.2) is 0 Å². The van der Waals surface area contributed by atoms with Crippen LogP contribution in [0.15, 0.2) is 24.3 Å². The first kappa shape index (κ1) is 12.6. The van der Waals surface area contributed by atoms with Crippen molar-refractivity contribution in [1.82, 2.24) is 4.90 Å². The second-order valence-corrected chi connectivity index (χ2v) is 6.08. The highest BCUT2D eigenvalue weighted by molar-refractivity contribution is 5.25. The molecule has 0 N–H and O–H groups in total. The molecule has 0 aromatic heterocycles. The summed E-state index contributed by atoms with van der Waals surface area (Å²) in [7, 11) is 2.27. The Hall–Kier alpha value is -0.820. The molecule has 2 rings (SSSR count). The van der Waals surface area contributed by atoms with E-state index in [1.165, 1.54) is 49.9 Å². The molecule has 0 unspecified atom stereocenters. The minimum absolute atomic E-state index is 0.612. The van der Waals surface area contributed by atoms with Gasteiger partial charge in [0.1, 0.15) is 0 Å². The summed E-state index contributed by atoms with van der Waals surface area (Å²) in [5.41, 5.74) is 3.54. The molecule has 1 aromatic carbocycles. The molecule has 17 heavy (non-hydrogen) atoms. The molecule has 1 aliphatic rings. The number of rotatable bonds is 5. The monoisotopic (exact) mass is 231 g/mol. The Kier molecular flexibility index (Phi) is 3.88. The molecule has 0 bridgehead atoms. The van der Waals surface area contributed by atoms with Crippen molar-refractivity contribution in [2.75, 3.05) is 20.1 Å².